The second kappa shape index (κ2) is 8.30. The van der Waals surface area contributed by atoms with Crippen LogP contribution >= 0.6 is 0 Å². The van der Waals surface area contributed by atoms with Gasteiger partial charge in [-0.15, -0.1) is 6.42 Å². The van der Waals surface area contributed by atoms with E-state index in [1.807, 2.05) is 23.7 Å². The van der Waals surface area contributed by atoms with Crippen LogP contribution in [0.2, 0.25) is 0 Å². The van der Waals surface area contributed by atoms with Crippen molar-refractivity contribution >= 4 is 33.3 Å². The molecule has 3 aliphatic heterocycles. The summed E-state index contributed by atoms with van der Waals surface area (Å²) in [5.74, 6) is 2.54. The Balaban J connectivity index is 1.56. The highest BCUT2D eigenvalue weighted by molar-refractivity contribution is 6.06. The van der Waals surface area contributed by atoms with Crippen LogP contribution in [-0.2, 0) is 0 Å². The summed E-state index contributed by atoms with van der Waals surface area (Å²) in [5.41, 5.74) is 0.667. The smallest absolute Gasteiger partial charge is 0.175 e. The number of rotatable bonds is 4. The SMILES string of the molecule is C#Cc1c(F)ccc2cc(O)cc(-c3nc(N(C)C)c4c(N5C[C@H]6CCC5CN6)nn(C5CC5)c4c3F)c12. The molecule has 2 aromatic carbocycles. The zero-order chi connectivity index (χ0) is 26.3. The summed E-state index contributed by atoms with van der Waals surface area (Å²) in [4.78, 5) is 9.01. The van der Waals surface area contributed by atoms with E-state index >= 15 is 4.39 Å². The lowest BCUT2D eigenvalue weighted by Crippen LogP contribution is -2.61. The number of hydrogen-bond donors (Lipinski definition) is 2. The van der Waals surface area contributed by atoms with Crippen molar-refractivity contribution in [2.24, 2.45) is 0 Å². The molecule has 4 aliphatic rings. The molecule has 194 valence electrons. The molecule has 1 saturated carbocycles. The number of piperidine rings is 2. The van der Waals surface area contributed by atoms with Gasteiger partial charge in [-0.2, -0.15) is 5.10 Å². The number of benzene rings is 2. The molecule has 9 heteroatoms. The maximum absolute atomic E-state index is 16.8. The number of aromatic hydroxyl groups is 1. The molecular formula is C29H28F2N6O. The van der Waals surface area contributed by atoms with E-state index in [-0.39, 0.29) is 28.6 Å². The van der Waals surface area contributed by atoms with Crippen molar-refractivity contribution in [1.82, 2.24) is 20.1 Å². The van der Waals surface area contributed by atoms with E-state index in [0.717, 1.165) is 44.6 Å². The van der Waals surface area contributed by atoms with E-state index < -0.39 is 11.6 Å². The Morgan fingerprint density at radius 1 is 1.11 bits per heavy atom. The van der Waals surface area contributed by atoms with Gasteiger partial charge < -0.3 is 20.2 Å². The van der Waals surface area contributed by atoms with Gasteiger partial charge in [0.1, 0.15) is 28.6 Å². The first kappa shape index (κ1) is 23.2. The van der Waals surface area contributed by atoms with Crippen molar-refractivity contribution in [3.8, 4) is 29.4 Å². The average molecular weight is 515 g/mol. The van der Waals surface area contributed by atoms with Gasteiger partial charge in [-0.25, -0.2) is 13.8 Å². The first-order valence-electron chi connectivity index (χ1n) is 13.1. The van der Waals surface area contributed by atoms with Gasteiger partial charge in [-0.3, -0.25) is 4.68 Å². The predicted octanol–water partition coefficient (Wildman–Crippen LogP) is 4.56. The van der Waals surface area contributed by atoms with Crippen molar-refractivity contribution in [2.45, 2.75) is 43.8 Å². The van der Waals surface area contributed by atoms with Crippen LogP contribution in [0, 0.1) is 24.0 Å². The monoisotopic (exact) mass is 514 g/mol. The van der Waals surface area contributed by atoms with Gasteiger partial charge in [0, 0.05) is 50.2 Å². The molecule has 2 bridgehead atoms. The van der Waals surface area contributed by atoms with E-state index in [1.54, 1.807) is 0 Å². The van der Waals surface area contributed by atoms with Crippen molar-refractivity contribution in [3.05, 3.63) is 41.5 Å². The first-order chi connectivity index (χ1) is 18.4. The third kappa shape index (κ3) is 3.36. The number of pyridine rings is 1. The predicted molar refractivity (Wildman–Crippen MR) is 145 cm³/mol. The Bertz CT molecular complexity index is 1660. The summed E-state index contributed by atoms with van der Waals surface area (Å²) < 4.78 is 33.4. The van der Waals surface area contributed by atoms with Crippen LogP contribution in [0.4, 0.5) is 20.4 Å². The number of piperazine rings is 1. The fourth-order valence-electron chi connectivity index (χ4n) is 6.17. The number of hydrogen-bond acceptors (Lipinski definition) is 6. The fourth-order valence-corrected chi connectivity index (χ4v) is 6.17. The van der Waals surface area contributed by atoms with E-state index in [4.69, 9.17) is 16.5 Å². The van der Waals surface area contributed by atoms with Crippen LogP contribution in [0.3, 0.4) is 0 Å². The lowest BCUT2D eigenvalue weighted by atomic mass is 9.92. The lowest BCUT2D eigenvalue weighted by Gasteiger charge is -2.46. The first-order valence-corrected chi connectivity index (χ1v) is 13.1. The lowest BCUT2D eigenvalue weighted by molar-refractivity contribution is 0.289. The molecule has 1 aliphatic carbocycles. The molecule has 0 spiro atoms. The minimum Gasteiger partial charge on any atom is -0.508 e. The van der Waals surface area contributed by atoms with Gasteiger partial charge in [0.25, 0.3) is 0 Å². The van der Waals surface area contributed by atoms with E-state index in [0.29, 0.717) is 39.6 Å². The average Bonchev–Trinajstić information content (AvgIpc) is 3.68. The van der Waals surface area contributed by atoms with Crippen LogP contribution < -0.4 is 15.1 Å². The second-order valence-electron chi connectivity index (χ2n) is 10.9. The quantitative estimate of drug-likeness (QED) is 0.389. The van der Waals surface area contributed by atoms with Gasteiger partial charge in [0.05, 0.1) is 17.0 Å². The topological polar surface area (TPSA) is 69.5 Å². The molecule has 3 saturated heterocycles. The third-order valence-electron chi connectivity index (χ3n) is 8.14. The number of halogens is 2. The molecule has 5 heterocycles. The highest BCUT2D eigenvalue weighted by Gasteiger charge is 2.39. The summed E-state index contributed by atoms with van der Waals surface area (Å²) in [7, 11) is 3.75. The fraction of sp³-hybridized carbons (Fsp3) is 0.379. The zero-order valence-electron chi connectivity index (χ0n) is 21.3. The second-order valence-corrected chi connectivity index (χ2v) is 10.9. The minimum absolute atomic E-state index is 0.0124. The van der Waals surface area contributed by atoms with Crippen molar-refractivity contribution < 1.29 is 13.9 Å². The van der Waals surface area contributed by atoms with Crippen LogP contribution in [0.25, 0.3) is 32.9 Å². The van der Waals surface area contributed by atoms with E-state index in [9.17, 15) is 9.50 Å². The molecule has 0 amide bonds. The van der Waals surface area contributed by atoms with Gasteiger partial charge >= 0.3 is 0 Å². The molecule has 2 aromatic heterocycles. The van der Waals surface area contributed by atoms with Gasteiger partial charge in [0.2, 0.25) is 0 Å². The number of nitrogens with one attached hydrogen (secondary N) is 1. The number of fused-ring (bicyclic) bond motifs is 5. The maximum Gasteiger partial charge on any atom is 0.175 e. The summed E-state index contributed by atoms with van der Waals surface area (Å²) in [6.07, 6.45) is 9.75. The molecule has 38 heavy (non-hydrogen) atoms. The molecule has 0 radical (unpaired) electrons. The summed E-state index contributed by atoms with van der Waals surface area (Å²) in [6.45, 7) is 1.70. The Kier molecular flexibility index (Phi) is 5.08. The van der Waals surface area contributed by atoms with Crippen molar-refractivity contribution in [1.29, 1.82) is 0 Å². The molecule has 4 aromatic rings. The van der Waals surface area contributed by atoms with Crippen molar-refractivity contribution in [2.75, 3.05) is 37.0 Å². The van der Waals surface area contributed by atoms with Gasteiger partial charge in [-0.1, -0.05) is 12.0 Å². The Hall–Kier alpha value is -3.90. The van der Waals surface area contributed by atoms with Gasteiger partial charge in [-0.05, 0) is 49.3 Å². The number of terminal acetylenes is 1. The molecule has 2 N–H and O–H groups in total. The molecule has 8 rings (SSSR count). The Morgan fingerprint density at radius 3 is 2.53 bits per heavy atom. The maximum atomic E-state index is 16.8. The Morgan fingerprint density at radius 2 is 1.89 bits per heavy atom. The highest BCUT2D eigenvalue weighted by atomic mass is 19.1. The van der Waals surface area contributed by atoms with E-state index in [2.05, 4.69) is 16.1 Å². The number of aromatic nitrogens is 3. The molecule has 1 unspecified atom stereocenters. The van der Waals surface area contributed by atoms with Crippen molar-refractivity contribution in [3.63, 3.8) is 0 Å². The van der Waals surface area contributed by atoms with Crippen LogP contribution in [-0.4, -0.2) is 59.1 Å². The summed E-state index contributed by atoms with van der Waals surface area (Å²) in [6, 6.07) is 6.49. The van der Waals surface area contributed by atoms with Gasteiger partial charge in [0.15, 0.2) is 11.6 Å². The minimum atomic E-state index is -0.583. The van der Waals surface area contributed by atoms with E-state index in [1.165, 1.54) is 24.3 Å². The number of anilines is 2. The standard InChI is InChI=1S/C29H28F2N6O/c1-4-20-22(30)10-5-15-11-19(38)12-21(23(15)20)26-25(31)27-24(28(33-26)35(2)3)29(34-37(27)17-8-9-17)36-14-16-6-7-18(36)13-32-16/h1,5,10-12,16-18,32,38H,6-9,13-14H2,2-3H3/t16-,18?/m1/s1. The summed E-state index contributed by atoms with van der Waals surface area (Å²) in [5, 5.41) is 20.7. The Labute approximate surface area is 219 Å². The third-order valence-corrected chi connectivity index (χ3v) is 8.14. The number of phenols is 1. The molecule has 4 fully saturated rings. The number of phenolic OH excluding ortho intramolecular Hbond substituents is 1. The molecular weight excluding hydrogens is 486 g/mol. The zero-order valence-corrected chi connectivity index (χ0v) is 21.3. The van der Waals surface area contributed by atoms with Crippen LogP contribution in [0.15, 0.2) is 24.3 Å². The largest absolute Gasteiger partial charge is 0.508 e. The highest BCUT2D eigenvalue weighted by Crippen LogP contribution is 2.46. The van der Waals surface area contributed by atoms with Crippen LogP contribution in [0.5, 0.6) is 5.75 Å². The summed E-state index contributed by atoms with van der Waals surface area (Å²) >= 11 is 0. The normalized spacial score (nSPS) is 20.9. The van der Waals surface area contributed by atoms with Crippen LogP contribution in [0.1, 0.15) is 37.3 Å². The number of nitrogens with zero attached hydrogens (tertiary/aromatic N) is 5. The molecule has 7 nitrogen and oxygen atoms in total. The molecule has 2 atom stereocenters.